The number of fused-ring (bicyclic) bond motifs is 1. The van der Waals surface area contributed by atoms with Gasteiger partial charge in [0, 0.05) is 29.0 Å². The summed E-state index contributed by atoms with van der Waals surface area (Å²) in [4.78, 5) is 28.2. The second-order valence-electron chi connectivity index (χ2n) is 8.32. The van der Waals surface area contributed by atoms with E-state index in [1.807, 2.05) is 69.3 Å². The van der Waals surface area contributed by atoms with Crippen LogP contribution < -0.4 is 24.4 Å². The Morgan fingerprint density at radius 2 is 1.50 bits per heavy atom. The summed E-state index contributed by atoms with van der Waals surface area (Å²) in [7, 11) is 0. The van der Waals surface area contributed by atoms with Crippen LogP contribution in [0.2, 0.25) is 0 Å². The second-order valence-corrected chi connectivity index (χ2v) is 8.32. The fraction of sp³-hybridized carbons (Fsp3) is 0.310. The molecule has 4 rings (SSSR count). The molecular formula is C29H32N2O5. The fourth-order valence-corrected chi connectivity index (χ4v) is 4.32. The Balaban J connectivity index is 1.62. The summed E-state index contributed by atoms with van der Waals surface area (Å²) in [6.45, 7) is 7.55. The molecule has 2 amide bonds. The molecule has 0 atom stereocenters. The van der Waals surface area contributed by atoms with Gasteiger partial charge in [0.2, 0.25) is 5.75 Å². The molecule has 7 heteroatoms. The maximum atomic E-state index is 13.3. The number of hydrogen-bond donors (Lipinski definition) is 1. The van der Waals surface area contributed by atoms with Crippen molar-refractivity contribution in [1.29, 1.82) is 0 Å². The van der Waals surface area contributed by atoms with Crippen LogP contribution in [0.3, 0.4) is 0 Å². The number of ether oxygens (including phenoxy) is 3. The minimum Gasteiger partial charge on any atom is -0.490 e. The number of carbonyl (C=O) groups is 2. The van der Waals surface area contributed by atoms with Gasteiger partial charge in [-0.3, -0.25) is 9.59 Å². The molecule has 36 heavy (non-hydrogen) atoms. The summed E-state index contributed by atoms with van der Waals surface area (Å²) in [5, 5.41) is 2.97. The number of amides is 2. The summed E-state index contributed by atoms with van der Waals surface area (Å²) in [5.41, 5.74) is 3.55. The maximum absolute atomic E-state index is 13.3. The lowest BCUT2D eigenvalue weighted by atomic mass is 10.00. The Kier molecular flexibility index (Phi) is 8.10. The zero-order valence-electron chi connectivity index (χ0n) is 21.0. The van der Waals surface area contributed by atoms with E-state index in [1.54, 1.807) is 17.0 Å². The van der Waals surface area contributed by atoms with E-state index in [4.69, 9.17) is 14.2 Å². The molecule has 1 aliphatic heterocycles. The molecule has 0 aliphatic carbocycles. The van der Waals surface area contributed by atoms with E-state index < -0.39 is 0 Å². The first-order chi connectivity index (χ1) is 17.5. The molecule has 0 spiro atoms. The molecule has 0 fully saturated rings. The fourth-order valence-electron chi connectivity index (χ4n) is 4.32. The lowest BCUT2D eigenvalue weighted by Crippen LogP contribution is -2.35. The van der Waals surface area contributed by atoms with Crippen LogP contribution in [-0.4, -0.2) is 38.2 Å². The minimum absolute atomic E-state index is 0.0470. The first-order valence-electron chi connectivity index (χ1n) is 12.4. The normalized spacial score (nSPS) is 12.5. The SMILES string of the molecule is CCOc1cc(C(=O)Nc2ccc3c(c2)N(C(=O)c2ccccc2)CCC3)cc(OCC)c1OCC. The molecule has 188 valence electrons. The average molecular weight is 489 g/mol. The molecule has 1 heterocycles. The van der Waals surface area contributed by atoms with Gasteiger partial charge in [-0.2, -0.15) is 0 Å². The van der Waals surface area contributed by atoms with Crippen molar-refractivity contribution < 1.29 is 23.8 Å². The van der Waals surface area contributed by atoms with Crippen molar-refractivity contribution in [3.05, 3.63) is 77.4 Å². The number of nitrogens with zero attached hydrogens (tertiary/aromatic N) is 1. The number of rotatable bonds is 9. The summed E-state index contributed by atoms with van der Waals surface area (Å²) in [6.07, 6.45) is 1.78. The van der Waals surface area contributed by atoms with Crippen LogP contribution >= 0.6 is 0 Å². The predicted octanol–water partition coefficient (Wildman–Crippen LogP) is 5.73. The van der Waals surface area contributed by atoms with Crippen molar-refractivity contribution in [2.45, 2.75) is 33.6 Å². The topological polar surface area (TPSA) is 77.1 Å². The molecule has 0 radical (unpaired) electrons. The lowest BCUT2D eigenvalue weighted by molar-refractivity contribution is 0.0984. The number of carbonyl (C=O) groups excluding carboxylic acids is 2. The van der Waals surface area contributed by atoms with Crippen molar-refractivity contribution in [3.63, 3.8) is 0 Å². The van der Waals surface area contributed by atoms with Gasteiger partial charge in [-0.05, 0) is 75.6 Å². The minimum atomic E-state index is -0.309. The highest BCUT2D eigenvalue weighted by molar-refractivity contribution is 6.08. The van der Waals surface area contributed by atoms with E-state index in [9.17, 15) is 9.59 Å². The molecular weight excluding hydrogens is 456 g/mol. The molecule has 7 nitrogen and oxygen atoms in total. The highest BCUT2D eigenvalue weighted by Gasteiger charge is 2.24. The predicted molar refractivity (Wildman–Crippen MR) is 141 cm³/mol. The van der Waals surface area contributed by atoms with Crippen LogP contribution in [0.1, 0.15) is 53.5 Å². The number of hydrogen-bond acceptors (Lipinski definition) is 5. The van der Waals surface area contributed by atoms with Gasteiger partial charge in [0.15, 0.2) is 11.5 Å². The largest absolute Gasteiger partial charge is 0.490 e. The molecule has 3 aromatic carbocycles. The van der Waals surface area contributed by atoms with Crippen molar-refractivity contribution in [1.82, 2.24) is 0 Å². The van der Waals surface area contributed by atoms with Crippen molar-refractivity contribution >= 4 is 23.2 Å². The number of aryl methyl sites for hydroxylation is 1. The highest BCUT2D eigenvalue weighted by atomic mass is 16.5. The van der Waals surface area contributed by atoms with Gasteiger partial charge in [0.1, 0.15) is 0 Å². The third-order valence-electron chi connectivity index (χ3n) is 5.90. The lowest BCUT2D eigenvalue weighted by Gasteiger charge is -2.30. The highest BCUT2D eigenvalue weighted by Crippen LogP contribution is 2.39. The average Bonchev–Trinajstić information content (AvgIpc) is 2.90. The van der Waals surface area contributed by atoms with E-state index in [0.29, 0.717) is 60.4 Å². The molecule has 0 saturated carbocycles. The van der Waals surface area contributed by atoms with E-state index >= 15 is 0 Å². The third kappa shape index (κ3) is 5.46. The van der Waals surface area contributed by atoms with E-state index in [1.165, 1.54) is 0 Å². The molecule has 0 bridgehead atoms. The number of anilines is 2. The van der Waals surface area contributed by atoms with Gasteiger partial charge in [0.05, 0.1) is 19.8 Å². The first kappa shape index (κ1) is 25.1. The monoisotopic (exact) mass is 488 g/mol. The van der Waals surface area contributed by atoms with Crippen LogP contribution in [0, 0.1) is 0 Å². The Hall–Kier alpha value is -4.00. The van der Waals surface area contributed by atoms with Crippen LogP contribution in [0.5, 0.6) is 17.2 Å². The van der Waals surface area contributed by atoms with Crippen LogP contribution in [0.15, 0.2) is 60.7 Å². The molecule has 0 saturated heterocycles. The standard InChI is InChI=1S/C29H32N2O5/c1-4-34-25-17-22(18-26(35-5-2)27(25)36-6-3)28(32)30-23-15-14-20-13-10-16-31(24(20)19-23)29(33)21-11-8-7-9-12-21/h7-9,11-12,14-15,17-19H,4-6,10,13,16H2,1-3H3,(H,30,32). The van der Waals surface area contributed by atoms with Crippen molar-refractivity contribution in [2.75, 3.05) is 36.6 Å². The Morgan fingerprint density at radius 1 is 0.833 bits per heavy atom. The van der Waals surface area contributed by atoms with Crippen LogP contribution in [0.4, 0.5) is 11.4 Å². The Bertz CT molecular complexity index is 1200. The van der Waals surface area contributed by atoms with Crippen LogP contribution in [-0.2, 0) is 6.42 Å². The number of benzene rings is 3. The second kappa shape index (κ2) is 11.6. The number of nitrogens with one attached hydrogen (secondary N) is 1. The van der Waals surface area contributed by atoms with E-state index in [2.05, 4.69) is 5.32 Å². The summed E-state index contributed by atoms with van der Waals surface area (Å²) < 4.78 is 17.2. The van der Waals surface area contributed by atoms with Crippen LogP contribution in [0.25, 0.3) is 0 Å². The quantitative estimate of drug-likeness (QED) is 0.416. The van der Waals surface area contributed by atoms with Gasteiger partial charge >= 0.3 is 0 Å². The smallest absolute Gasteiger partial charge is 0.258 e. The van der Waals surface area contributed by atoms with Gasteiger partial charge in [-0.15, -0.1) is 0 Å². The molecule has 1 N–H and O–H groups in total. The zero-order chi connectivity index (χ0) is 25.5. The maximum Gasteiger partial charge on any atom is 0.258 e. The summed E-state index contributed by atoms with van der Waals surface area (Å²) >= 11 is 0. The van der Waals surface area contributed by atoms with Gasteiger partial charge in [-0.25, -0.2) is 0 Å². The molecule has 3 aromatic rings. The molecule has 1 aliphatic rings. The van der Waals surface area contributed by atoms with Crippen molar-refractivity contribution in [3.8, 4) is 17.2 Å². The Labute approximate surface area is 212 Å². The van der Waals surface area contributed by atoms with E-state index in [0.717, 1.165) is 24.1 Å². The zero-order valence-corrected chi connectivity index (χ0v) is 21.0. The van der Waals surface area contributed by atoms with Gasteiger partial charge < -0.3 is 24.4 Å². The molecule has 0 unspecified atom stereocenters. The molecule has 0 aromatic heterocycles. The first-order valence-corrected chi connectivity index (χ1v) is 12.4. The summed E-state index contributed by atoms with van der Waals surface area (Å²) in [5.74, 6) is 1.05. The van der Waals surface area contributed by atoms with Gasteiger partial charge in [-0.1, -0.05) is 24.3 Å². The third-order valence-corrected chi connectivity index (χ3v) is 5.90. The summed E-state index contributed by atoms with van der Waals surface area (Å²) in [6, 6.07) is 18.3. The van der Waals surface area contributed by atoms with Gasteiger partial charge in [0.25, 0.3) is 11.8 Å². The van der Waals surface area contributed by atoms with E-state index in [-0.39, 0.29) is 11.8 Å². The van der Waals surface area contributed by atoms with Crippen molar-refractivity contribution in [2.24, 2.45) is 0 Å². The Morgan fingerprint density at radius 3 is 2.14 bits per heavy atom.